The van der Waals surface area contributed by atoms with Crippen LogP contribution in [0.15, 0.2) is 28.7 Å². The minimum Gasteiger partial charge on any atom is -0.495 e. The molecule has 0 bridgehead atoms. The topological polar surface area (TPSA) is 94.3 Å². The molecule has 3 N–H and O–H groups in total. The van der Waals surface area contributed by atoms with Crippen LogP contribution < -0.4 is 15.2 Å². The van der Waals surface area contributed by atoms with E-state index in [-0.39, 0.29) is 28.8 Å². The van der Waals surface area contributed by atoms with E-state index in [1.54, 1.807) is 17.8 Å². The normalized spacial score (nSPS) is 11.6. The average Bonchev–Trinajstić information content (AvgIpc) is 2.97. The maximum atomic E-state index is 12.4. The molecule has 0 aliphatic rings. The Kier molecular flexibility index (Phi) is 5.17. The van der Waals surface area contributed by atoms with E-state index >= 15 is 0 Å². The summed E-state index contributed by atoms with van der Waals surface area (Å²) in [6, 6.07) is 2.93. The third-order valence-electron chi connectivity index (χ3n) is 2.73. The first-order valence-electron chi connectivity index (χ1n) is 5.91. The van der Waals surface area contributed by atoms with Gasteiger partial charge in [-0.05, 0) is 12.1 Å². The Morgan fingerprint density at radius 3 is 2.81 bits per heavy atom. The quantitative estimate of drug-likeness (QED) is 0.830. The van der Waals surface area contributed by atoms with Crippen molar-refractivity contribution in [2.24, 2.45) is 5.73 Å². The van der Waals surface area contributed by atoms with Gasteiger partial charge in [-0.15, -0.1) is 11.3 Å². The summed E-state index contributed by atoms with van der Waals surface area (Å²) in [4.78, 5) is 4.67. The molecule has 114 valence electrons. The number of halogens is 1. The number of nitrogens with two attached hydrogens (primary N) is 1. The van der Waals surface area contributed by atoms with E-state index < -0.39 is 10.0 Å². The summed E-state index contributed by atoms with van der Waals surface area (Å²) < 4.78 is 32.5. The monoisotopic (exact) mass is 347 g/mol. The van der Waals surface area contributed by atoms with Crippen LogP contribution >= 0.6 is 22.9 Å². The average molecular weight is 348 g/mol. The van der Waals surface area contributed by atoms with Crippen LogP contribution in [0.4, 0.5) is 0 Å². The van der Waals surface area contributed by atoms with Gasteiger partial charge in [-0.25, -0.2) is 13.1 Å². The van der Waals surface area contributed by atoms with Gasteiger partial charge in [-0.2, -0.15) is 0 Å². The first-order valence-corrected chi connectivity index (χ1v) is 8.65. The highest BCUT2D eigenvalue weighted by Crippen LogP contribution is 2.31. The van der Waals surface area contributed by atoms with Crippen molar-refractivity contribution >= 4 is 33.0 Å². The van der Waals surface area contributed by atoms with Gasteiger partial charge in [0.2, 0.25) is 10.0 Å². The highest BCUT2D eigenvalue weighted by molar-refractivity contribution is 7.89. The van der Waals surface area contributed by atoms with Crippen molar-refractivity contribution < 1.29 is 13.2 Å². The van der Waals surface area contributed by atoms with Crippen molar-refractivity contribution in [1.29, 1.82) is 0 Å². The molecule has 6 nitrogen and oxygen atoms in total. The lowest BCUT2D eigenvalue weighted by Gasteiger charge is -2.14. The van der Waals surface area contributed by atoms with Gasteiger partial charge in [0.25, 0.3) is 0 Å². The summed E-state index contributed by atoms with van der Waals surface area (Å²) >= 11 is 7.32. The minimum atomic E-state index is -3.77. The second-order valence-electron chi connectivity index (χ2n) is 4.09. The van der Waals surface area contributed by atoms with Crippen LogP contribution in [0.1, 0.15) is 10.4 Å². The molecule has 0 spiro atoms. The maximum absolute atomic E-state index is 12.4. The predicted octanol–water partition coefficient (Wildman–Crippen LogP) is 1.74. The van der Waals surface area contributed by atoms with Gasteiger partial charge in [-0.3, -0.25) is 4.98 Å². The molecule has 0 aliphatic heterocycles. The number of nitrogens with zero attached hydrogens (tertiary/aromatic N) is 1. The molecule has 1 heterocycles. The molecule has 0 saturated heterocycles. The Bertz CT molecular complexity index is 718. The van der Waals surface area contributed by atoms with E-state index in [0.29, 0.717) is 5.56 Å². The zero-order valence-electron chi connectivity index (χ0n) is 11.2. The Morgan fingerprint density at radius 2 is 2.24 bits per heavy atom. The van der Waals surface area contributed by atoms with Gasteiger partial charge in [0.15, 0.2) is 0 Å². The summed E-state index contributed by atoms with van der Waals surface area (Å²) in [5.41, 5.74) is 7.76. The van der Waals surface area contributed by atoms with Crippen molar-refractivity contribution in [3.05, 3.63) is 39.3 Å². The van der Waals surface area contributed by atoms with E-state index in [4.69, 9.17) is 22.1 Å². The summed E-state index contributed by atoms with van der Waals surface area (Å²) in [7, 11) is -2.38. The van der Waals surface area contributed by atoms with Crippen molar-refractivity contribution in [3.8, 4) is 5.75 Å². The number of methoxy groups -OCH3 is 1. The van der Waals surface area contributed by atoms with E-state index in [1.807, 2.05) is 0 Å². The number of ether oxygens (including phenoxy) is 1. The zero-order chi connectivity index (χ0) is 15.5. The minimum absolute atomic E-state index is 0.0255. The third kappa shape index (κ3) is 3.72. The number of thiazole rings is 1. The molecule has 0 amide bonds. The molecule has 2 aromatic rings. The van der Waals surface area contributed by atoms with E-state index in [9.17, 15) is 8.42 Å². The van der Waals surface area contributed by atoms with E-state index in [2.05, 4.69) is 9.71 Å². The van der Waals surface area contributed by atoms with Crippen molar-refractivity contribution in [3.63, 3.8) is 0 Å². The third-order valence-corrected chi connectivity index (χ3v) is 5.13. The van der Waals surface area contributed by atoms with E-state index in [1.165, 1.54) is 24.5 Å². The summed E-state index contributed by atoms with van der Waals surface area (Å²) in [6.45, 7) is 0.279. The first-order chi connectivity index (χ1) is 9.97. The summed E-state index contributed by atoms with van der Waals surface area (Å²) in [5.74, 6) is 0.207. The van der Waals surface area contributed by atoms with Gasteiger partial charge < -0.3 is 10.5 Å². The number of benzene rings is 1. The molecule has 0 saturated carbocycles. The van der Waals surface area contributed by atoms with Gasteiger partial charge in [0.1, 0.15) is 10.6 Å². The lowest BCUT2D eigenvalue weighted by Crippen LogP contribution is -2.24. The smallest absolute Gasteiger partial charge is 0.244 e. The molecule has 1 aromatic carbocycles. The van der Waals surface area contributed by atoms with Crippen LogP contribution in [0, 0.1) is 0 Å². The van der Waals surface area contributed by atoms with Crippen LogP contribution in [-0.2, 0) is 23.1 Å². The molecule has 9 heteroatoms. The van der Waals surface area contributed by atoms with Crippen LogP contribution in [0.25, 0.3) is 0 Å². The summed E-state index contributed by atoms with van der Waals surface area (Å²) in [5, 5.41) is 0.286. The van der Waals surface area contributed by atoms with Gasteiger partial charge >= 0.3 is 0 Å². The molecule has 0 fully saturated rings. The second kappa shape index (κ2) is 6.71. The Hall–Kier alpha value is -1.19. The summed E-state index contributed by atoms with van der Waals surface area (Å²) in [6.07, 6.45) is 1.60. The number of rotatable bonds is 6. The number of sulfonamides is 1. The molecule has 21 heavy (non-hydrogen) atoms. The predicted molar refractivity (Wildman–Crippen MR) is 82.0 cm³/mol. The van der Waals surface area contributed by atoms with Crippen LogP contribution in [0.2, 0.25) is 5.02 Å². The number of hydrogen-bond donors (Lipinski definition) is 2. The van der Waals surface area contributed by atoms with Gasteiger partial charge in [0.05, 0.1) is 12.6 Å². The van der Waals surface area contributed by atoms with Gasteiger partial charge in [0, 0.05) is 34.7 Å². The highest BCUT2D eigenvalue weighted by atomic mass is 35.5. The van der Waals surface area contributed by atoms with E-state index in [0.717, 1.165) is 4.88 Å². The largest absolute Gasteiger partial charge is 0.495 e. The molecule has 2 rings (SSSR count). The highest BCUT2D eigenvalue weighted by Gasteiger charge is 2.22. The Balaban J connectivity index is 2.36. The molecule has 0 unspecified atom stereocenters. The fourth-order valence-electron chi connectivity index (χ4n) is 1.78. The zero-order valence-corrected chi connectivity index (χ0v) is 13.6. The molecule has 0 aliphatic carbocycles. The Labute approximate surface area is 132 Å². The van der Waals surface area contributed by atoms with Gasteiger partial charge in [-0.1, -0.05) is 11.6 Å². The van der Waals surface area contributed by atoms with Crippen molar-refractivity contribution in [2.45, 2.75) is 18.0 Å². The molecule has 0 radical (unpaired) electrons. The second-order valence-corrected chi connectivity index (χ2v) is 7.24. The molecular formula is C12H14ClN3O3S2. The SMILES string of the molecule is COc1c(CN)cc(Cl)cc1S(=O)(=O)NCc1cncs1. The van der Waals surface area contributed by atoms with Crippen molar-refractivity contribution in [2.75, 3.05) is 7.11 Å². The number of nitrogens with one attached hydrogen (secondary N) is 1. The molecule has 1 aromatic heterocycles. The number of hydrogen-bond acceptors (Lipinski definition) is 6. The van der Waals surface area contributed by atoms with Crippen molar-refractivity contribution in [1.82, 2.24) is 9.71 Å². The lowest BCUT2D eigenvalue weighted by atomic mass is 10.2. The first kappa shape index (κ1) is 16.2. The lowest BCUT2D eigenvalue weighted by molar-refractivity contribution is 0.397. The fraction of sp³-hybridized carbons (Fsp3) is 0.250. The van der Waals surface area contributed by atoms with Crippen LogP contribution in [0.5, 0.6) is 5.75 Å². The number of aromatic nitrogens is 1. The molecule has 0 atom stereocenters. The maximum Gasteiger partial charge on any atom is 0.244 e. The molecular weight excluding hydrogens is 334 g/mol. The fourth-order valence-corrected chi connectivity index (χ4v) is 3.95. The van der Waals surface area contributed by atoms with Crippen LogP contribution in [0.3, 0.4) is 0 Å². The Morgan fingerprint density at radius 1 is 1.48 bits per heavy atom. The van der Waals surface area contributed by atoms with Crippen LogP contribution in [-0.4, -0.2) is 20.5 Å². The standard InChI is InChI=1S/C12H14ClN3O3S2/c1-19-12-8(4-14)2-9(13)3-11(12)21(17,18)16-6-10-5-15-7-20-10/h2-3,5,7,16H,4,6,14H2,1H3.